The lowest BCUT2D eigenvalue weighted by Crippen LogP contribution is -2.45. The van der Waals surface area contributed by atoms with Crippen molar-refractivity contribution in [3.05, 3.63) is 61.1 Å². The van der Waals surface area contributed by atoms with Gasteiger partial charge < -0.3 is 4.52 Å². The maximum Gasteiger partial charge on any atom is 0.270 e. The largest absolute Gasteiger partial charge is 0.338 e. The van der Waals surface area contributed by atoms with Crippen molar-refractivity contribution in [2.24, 2.45) is 0 Å². The van der Waals surface area contributed by atoms with Gasteiger partial charge in [0.1, 0.15) is 0 Å². The zero-order valence-electron chi connectivity index (χ0n) is 15.0. The SMILES string of the molecule is O=[N+]([O-])c1cccc(-c2noc(CN3CCN(Cc4ccc(Br)s4)CC3)n2)c1. The molecule has 0 atom stereocenters. The fourth-order valence-electron chi connectivity index (χ4n) is 3.15. The average Bonchev–Trinajstić information content (AvgIpc) is 3.32. The van der Waals surface area contributed by atoms with Crippen molar-refractivity contribution in [3.63, 3.8) is 0 Å². The van der Waals surface area contributed by atoms with E-state index < -0.39 is 4.92 Å². The Labute approximate surface area is 174 Å². The van der Waals surface area contributed by atoms with Crippen LogP contribution in [0.25, 0.3) is 11.4 Å². The number of hydrogen-bond acceptors (Lipinski definition) is 8. The van der Waals surface area contributed by atoms with E-state index in [1.165, 1.54) is 17.0 Å². The summed E-state index contributed by atoms with van der Waals surface area (Å²) in [6.07, 6.45) is 0. The second kappa shape index (κ2) is 8.48. The lowest BCUT2D eigenvalue weighted by atomic mass is 10.2. The van der Waals surface area contributed by atoms with E-state index in [4.69, 9.17) is 4.52 Å². The minimum absolute atomic E-state index is 0.0118. The molecule has 8 nitrogen and oxygen atoms in total. The molecule has 3 aromatic rings. The Kier molecular flexibility index (Phi) is 5.81. The summed E-state index contributed by atoms with van der Waals surface area (Å²) >= 11 is 5.28. The van der Waals surface area contributed by atoms with Gasteiger partial charge in [0.15, 0.2) is 0 Å². The molecule has 0 spiro atoms. The van der Waals surface area contributed by atoms with Crippen LogP contribution in [0.3, 0.4) is 0 Å². The second-order valence-corrected chi connectivity index (χ2v) is 9.12. The second-order valence-electron chi connectivity index (χ2n) is 6.58. The first-order valence-corrected chi connectivity index (χ1v) is 10.4. The first-order valence-electron chi connectivity index (χ1n) is 8.83. The highest BCUT2D eigenvalue weighted by molar-refractivity contribution is 9.11. The van der Waals surface area contributed by atoms with Crippen LogP contribution in [0.4, 0.5) is 5.69 Å². The number of piperazine rings is 1. The highest BCUT2D eigenvalue weighted by atomic mass is 79.9. The van der Waals surface area contributed by atoms with Crippen molar-refractivity contribution >= 4 is 33.0 Å². The summed E-state index contributed by atoms with van der Waals surface area (Å²) in [4.78, 5) is 21.0. The molecule has 1 saturated heterocycles. The van der Waals surface area contributed by atoms with Crippen LogP contribution in [0.2, 0.25) is 0 Å². The summed E-state index contributed by atoms with van der Waals surface area (Å²) in [6, 6.07) is 10.5. The fraction of sp³-hybridized carbons (Fsp3) is 0.333. The zero-order chi connectivity index (χ0) is 19.5. The molecule has 4 rings (SSSR count). The Morgan fingerprint density at radius 2 is 1.89 bits per heavy atom. The molecule has 1 aromatic carbocycles. The first kappa shape index (κ1) is 19.2. The van der Waals surface area contributed by atoms with Gasteiger partial charge >= 0.3 is 0 Å². The summed E-state index contributed by atoms with van der Waals surface area (Å²) in [6.45, 7) is 5.40. The van der Waals surface area contributed by atoms with Crippen molar-refractivity contribution in [1.82, 2.24) is 19.9 Å². The van der Waals surface area contributed by atoms with Gasteiger partial charge in [0.25, 0.3) is 5.69 Å². The van der Waals surface area contributed by atoms with Crippen molar-refractivity contribution in [1.29, 1.82) is 0 Å². The van der Waals surface area contributed by atoms with Gasteiger partial charge in [0.2, 0.25) is 11.7 Å². The summed E-state index contributed by atoms with van der Waals surface area (Å²) in [5.41, 5.74) is 0.592. The predicted octanol–water partition coefficient (Wildman–Crippen LogP) is 3.79. The van der Waals surface area contributed by atoms with E-state index in [9.17, 15) is 10.1 Å². The maximum atomic E-state index is 10.9. The van der Waals surface area contributed by atoms with Crippen molar-refractivity contribution in [2.75, 3.05) is 26.2 Å². The van der Waals surface area contributed by atoms with Gasteiger partial charge in [0.05, 0.1) is 15.3 Å². The number of halogens is 1. The monoisotopic (exact) mass is 463 g/mol. The van der Waals surface area contributed by atoms with Crippen LogP contribution < -0.4 is 0 Å². The molecule has 0 unspecified atom stereocenters. The van der Waals surface area contributed by atoms with E-state index in [0.29, 0.717) is 23.8 Å². The van der Waals surface area contributed by atoms with Crippen molar-refractivity contribution < 1.29 is 9.45 Å². The fourth-order valence-corrected chi connectivity index (χ4v) is 4.67. The molecule has 1 fully saturated rings. The van der Waals surface area contributed by atoms with Crippen molar-refractivity contribution in [3.8, 4) is 11.4 Å². The van der Waals surface area contributed by atoms with E-state index in [1.54, 1.807) is 23.5 Å². The number of nitro groups is 1. The van der Waals surface area contributed by atoms with E-state index in [0.717, 1.165) is 36.5 Å². The molecule has 0 bridgehead atoms. The van der Waals surface area contributed by atoms with Crippen LogP contribution >= 0.6 is 27.3 Å². The molecule has 0 radical (unpaired) electrons. The Bertz CT molecular complexity index is 968. The van der Waals surface area contributed by atoms with E-state index in [-0.39, 0.29) is 5.69 Å². The highest BCUT2D eigenvalue weighted by Crippen LogP contribution is 2.24. The molecule has 2 aromatic heterocycles. The molecular weight excluding hydrogens is 446 g/mol. The zero-order valence-corrected chi connectivity index (χ0v) is 17.4. The number of rotatable bonds is 6. The Morgan fingerprint density at radius 3 is 2.57 bits per heavy atom. The molecule has 0 saturated carbocycles. The molecule has 10 heteroatoms. The Hall–Kier alpha value is -2.14. The van der Waals surface area contributed by atoms with Gasteiger partial charge in [0, 0.05) is 55.3 Å². The minimum atomic E-state index is -0.432. The third-order valence-electron chi connectivity index (χ3n) is 4.62. The van der Waals surface area contributed by atoms with Crippen LogP contribution in [0.15, 0.2) is 44.7 Å². The van der Waals surface area contributed by atoms with Gasteiger partial charge in [-0.15, -0.1) is 11.3 Å². The van der Waals surface area contributed by atoms with E-state index in [1.807, 2.05) is 0 Å². The quantitative estimate of drug-likeness (QED) is 0.405. The summed E-state index contributed by atoms with van der Waals surface area (Å²) in [5.74, 6) is 0.901. The van der Waals surface area contributed by atoms with Crippen LogP contribution in [0.1, 0.15) is 10.8 Å². The number of benzene rings is 1. The molecule has 1 aliphatic rings. The van der Waals surface area contributed by atoms with Crippen LogP contribution in [0.5, 0.6) is 0 Å². The van der Waals surface area contributed by atoms with Crippen molar-refractivity contribution in [2.45, 2.75) is 13.1 Å². The molecule has 0 aliphatic carbocycles. The summed E-state index contributed by atoms with van der Waals surface area (Å²) in [7, 11) is 0. The number of aromatic nitrogens is 2. The van der Waals surface area contributed by atoms with Gasteiger partial charge in [-0.1, -0.05) is 17.3 Å². The first-order chi connectivity index (χ1) is 13.6. The van der Waals surface area contributed by atoms with E-state index in [2.05, 4.69) is 48.0 Å². The molecular formula is C18H18BrN5O3S. The number of nitrogens with zero attached hydrogens (tertiary/aromatic N) is 5. The number of non-ortho nitro benzene ring substituents is 1. The topological polar surface area (TPSA) is 88.5 Å². The standard InChI is InChI=1S/C18H18BrN5O3S/c19-16-5-4-15(28-16)11-22-6-8-23(9-7-22)12-17-20-18(21-27-17)13-2-1-3-14(10-13)24(25)26/h1-5,10H,6-9,11-12H2. The summed E-state index contributed by atoms with van der Waals surface area (Å²) in [5, 5.41) is 14.9. The van der Waals surface area contributed by atoms with Crippen LogP contribution in [-0.4, -0.2) is 51.0 Å². The highest BCUT2D eigenvalue weighted by Gasteiger charge is 2.20. The summed E-state index contributed by atoms with van der Waals surface area (Å²) < 4.78 is 6.52. The molecule has 0 amide bonds. The lowest BCUT2D eigenvalue weighted by Gasteiger charge is -2.33. The van der Waals surface area contributed by atoms with Gasteiger partial charge in [-0.3, -0.25) is 19.9 Å². The molecule has 0 N–H and O–H groups in total. The molecule has 28 heavy (non-hydrogen) atoms. The van der Waals surface area contributed by atoms with Crippen LogP contribution in [-0.2, 0) is 13.1 Å². The number of nitro benzene ring substituents is 1. The number of thiophene rings is 1. The smallest absolute Gasteiger partial charge is 0.270 e. The Balaban J connectivity index is 1.32. The minimum Gasteiger partial charge on any atom is -0.338 e. The maximum absolute atomic E-state index is 10.9. The van der Waals surface area contributed by atoms with Gasteiger partial charge in [-0.25, -0.2) is 0 Å². The number of hydrogen-bond donors (Lipinski definition) is 0. The van der Waals surface area contributed by atoms with Crippen LogP contribution in [0, 0.1) is 10.1 Å². The van der Waals surface area contributed by atoms with Gasteiger partial charge in [-0.2, -0.15) is 4.98 Å². The normalized spacial score (nSPS) is 15.8. The third-order valence-corrected chi connectivity index (χ3v) is 6.22. The molecule has 3 heterocycles. The lowest BCUT2D eigenvalue weighted by molar-refractivity contribution is -0.384. The molecule has 146 valence electrons. The Morgan fingerprint density at radius 1 is 1.14 bits per heavy atom. The average molecular weight is 464 g/mol. The predicted molar refractivity (Wildman–Crippen MR) is 109 cm³/mol. The third kappa shape index (κ3) is 4.64. The molecule has 1 aliphatic heterocycles. The van der Waals surface area contributed by atoms with Gasteiger partial charge in [-0.05, 0) is 28.1 Å². The van der Waals surface area contributed by atoms with E-state index >= 15 is 0 Å².